The van der Waals surface area contributed by atoms with Gasteiger partial charge in [-0.3, -0.25) is 0 Å². The predicted molar refractivity (Wildman–Crippen MR) is 101 cm³/mol. The van der Waals surface area contributed by atoms with Crippen molar-refractivity contribution in [1.29, 1.82) is 0 Å². The molecule has 128 valence electrons. The Labute approximate surface area is 169 Å². The first-order valence-electron chi connectivity index (χ1n) is 10.00. The average molecular weight is 337 g/mol. The van der Waals surface area contributed by atoms with Gasteiger partial charge in [-0.15, -0.1) is 0 Å². The Morgan fingerprint density at radius 2 is 0.636 bits per heavy atom. The van der Waals surface area contributed by atoms with Crippen LogP contribution in [0.25, 0.3) is 0 Å². The molecule has 0 saturated carbocycles. The van der Waals surface area contributed by atoms with Gasteiger partial charge in [0, 0.05) is 0 Å². The minimum absolute atomic E-state index is 0. The maximum absolute atomic E-state index is 4.96. The minimum atomic E-state index is 0. The standard InChI is InChI=1S/C20H42S.Na/c1-2-3-4-5-6-7-8-9-10-11-12-13-14-15-16-17-18-19-20-21;/h21H,2-20H2,1H3;/q;+1/p-1. The summed E-state index contributed by atoms with van der Waals surface area (Å²) in [6.45, 7) is 2.29. The van der Waals surface area contributed by atoms with Crippen molar-refractivity contribution < 1.29 is 29.6 Å². The first-order chi connectivity index (χ1) is 10.4. The summed E-state index contributed by atoms with van der Waals surface area (Å²) in [6.07, 6.45) is 26.0. The summed E-state index contributed by atoms with van der Waals surface area (Å²) in [7, 11) is 0. The van der Waals surface area contributed by atoms with Crippen molar-refractivity contribution >= 4 is 12.6 Å². The molecule has 0 amide bonds. The van der Waals surface area contributed by atoms with Crippen LogP contribution < -0.4 is 29.6 Å². The van der Waals surface area contributed by atoms with Gasteiger partial charge in [-0.25, -0.2) is 0 Å². The zero-order valence-electron chi connectivity index (χ0n) is 15.8. The van der Waals surface area contributed by atoms with Gasteiger partial charge in [0.2, 0.25) is 0 Å². The van der Waals surface area contributed by atoms with E-state index in [4.69, 9.17) is 12.6 Å². The van der Waals surface area contributed by atoms with Gasteiger partial charge >= 0.3 is 29.6 Å². The molecule has 0 aromatic heterocycles. The van der Waals surface area contributed by atoms with Crippen molar-refractivity contribution in [3.63, 3.8) is 0 Å². The van der Waals surface area contributed by atoms with E-state index in [0.717, 1.165) is 5.75 Å². The van der Waals surface area contributed by atoms with Crippen LogP contribution in [0.1, 0.15) is 122 Å². The molecule has 0 unspecified atom stereocenters. The molecule has 22 heavy (non-hydrogen) atoms. The Bertz CT molecular complexity index is 155. The average Bonchev–Trinajstić information content (AvgIpc) is 2.50. The molecular weight excluding hydrogens is 295 g/mol. The maximum atomic E-state index is 4.96. The first-order valence-corrected chi connectivity index (χ1v) is 10.6. The molecule has 0 aliphatic carbocycles. The third-order valence-corrected chi connectivity index (χ3v) is 4.79. The van der Waals surface area contributed by atoms with E-state index in [2.05, 4.69) is 6.92 Å². The number of unbranched alkanes of at least 4 members (excludes halogenated alkanes) is 17. The van der Waals surface area contributed by atoms with E-state index < -0.39 is 0 Å². The van der Waals surface area contributed by atoms with E-state index in [0.29, 0.717) is 0 Å². The molecule has 0 aromatic rings. The smallest absolute Gasteiger partial charge is 0.793 e. The van der Waals surface area contributed by atoms with Crippen molar-refractivity contribution in [2.45, 2.75) is 122 Å². The number of hydrogen-bond acceptors (Lipinski definition) is 1. The van der Waals surface area contributed by atoms with Crippen LogP contribution >= 0.6 is 0 Å². The van der Waals surface area contributed by atoms with Crippen LogP contribution in [-0.4, -0.2) is 5.75 Å². The predicted octanol–water partition coefficient (Wildman–Crippen LogP) is 4.58. The fraction of sp³-hybridized carbons (Fsp3) is 1.00. The second kappa shape index (κ2) is 24.6. The van der Waals surface area contributed by atoms with Gasteiger partial charge < -0.3 is 12.6 Å². The van der Waals surface area contributed by atoms with E-state index in [1.807, 2.05) is 0 Å². The normalized spacial score (nSPS) is 10.6. The van der Waals surface area contributed by atoms with Gasteiger partial charge in [-0.1, -0.05) is 122 Å². The van der Waals surface area contributed by atoms with Crippen LogP contribution in [0, 0.1) is 0 Å². The van der Waals surface area contributed by atoms with Crippen LogP contribution in [-0.2, 0) is 12.6 Å². The molecule has 0 fully saturated rings. The molecule has 0 aromatic carbocycles. The zero-order valence-corrected chi connectivity index (χ0v) is 18.7. The third kappa shape index (κ3) is 23.6. The van der Waals surface area contributed by atoms with Crippen LogP contribution in [0.15, 0.2) is 0 Å². The summed E-state index contributed by atoms with van der Waals surface area (Å²) in [5.74, 6) is 0.957. The quantitative estimate of drug-likeness (QED) is 0.201. The Kier molecular flexibility index (Phi) is 28.6. The van der Waals surface area contributed by atoms with Crippen LogP contribution in [0.5, 0.6) is 0 Å². The van der Waals surface area contributed by atoms with Gasteiger partial charge in [0.05, 0.1) is 0 Å². The largest absolute Gasteiger partial charge is 1.00 e. The molecule has 0 nitrogen and oxygen atoms in total. The Morgan fingerprint density at radius 3 is 0.864 bits per heavy atom. The number of rotatable bonds is 18. The van der Waals surface area contributed by atoms with Crippen molar-refractivity contribution in [3.05, 3.63) is 0 Å². The van der Waals surface area contributed by atoms with E-state index in [1.54, 1.807) is 0 Å². The monoisotopic (exact) mass is 336 g/mol. The Hall–Kier alpha value is 1.35. The van der Waals surface area contributed by atoms with Crippen molar-refractivity contribution in [1.82, 2.24) is 0 Å². The summed E-state index contributed by atoms with van der Waals surface area (Å²) in [5.41, 5.74) is 0. The molecular formula is C20H41NaS. The van der Waals surface area contributed by atoms with E-state index in [9.17, 15) is 0 Å². The van der Waals surface area contributed by atoms with Gasteiger partial charge in [-0.05, 0) is 0 Å². The summed E-state index contributed by atoms with van der Waals surface area (Å²) in [6, 6.07) is 0. The maximum Gasteiger partial charge on any atom is 1.00 e. The molecule has 0 aliphatic rings. The molecule has 2 heteroatoms. The van der Waals surface area contributed by atoms with E-state index in [1.165, 1.54) is 116 Å². The summed E-state index contributed by atoms with van der Waals surface area (Å²) >= 11 is 4.96. The Balaban J connectivity index is 0. The molecule has 0 heterocycles. The Morgan fingerprint density at radius 1 is 0.409 bits per heavy atom. The second-order valence-electron chi connectivity index (χ2n) is 6.71. The molecule has 0 radical (unpaired) electrons. The summed E-state index contributed by atoms with van der Waals surface area (Å²) in [4.78, 5) is 0. The molecule has 0 spiro atoms. The molecule has 0 atom stereocenters. The SMILES string of the molecule is CCCCCCCCCCCCCCCCCCCC[S-].[Na+]. The molecule has 0 N–H and O–H groups in total. The van der Waals surface area contributed by atoms with Gasteiger partial charge in [0.25, 0.3) is 0 Å². The number of hydrogen-bond donors (Lipinski definition) is 0. The molecule has 0 aliphatic heterocycles. The van der Waals surface area contributed by atoms with Crippen LogP contribution in [0.4, 0.5) is 0 Å². The molecule has 0 rings (SSSR count). The van der Waals surface area contributed by atoms with E-state index in [-0.39, 0.29) is 29.6 Å². The summed E-state index contributed by atoms with van der Waals surface area (Å²) in [5, 5.41) is 0. The van der Waals surface area contributed by atoms with Crippen molar-refractivity contribution in [3.8, 4) is 0 Å². The second-order valence-corrected chi connectivity index (χ2v) is 7.12. The van der Waals surface area contributed by atoms with E-state index >= 15 is 0 Å². The van der Waals surface area contributed by atoms with Crippen LogP contribution in [0.3, 0.4) is 0 Å². The molecule has 0 bridgehead atoms. The first kappa shape index (κ1) is 25.6. The fourth-order valence-corrected chi connectivity index (χ4v) is 3.21. The van der Waals surface area contributed by atoms with Crippen LogP contribution in [0.2, 0.25) is 0 Å². The third-order valence-electron chi connectivity index (χ3n) is 4.50. The van der Waals surface area contributed by atoms with Gasteiger partial charge in [0.1, 0.15) is 0 Å². The molecule has 0 saturated heterocycles. The zero-order chi connectivity index (χ0) is 15.4. The van der Waals surface area contributed by atoms with Gasteiger partial charge in [-0.2, -0.15) is 5.75 Å². The summed E-state index contributed by atoms with van der Waals surface area (Å²) < 4.78 is 0. The van der Waals surface area contributed by atoms with Crippen molar-refractivity contribution in [2.75, 3.05) is 5.75 Å². The topological polar surface area (TPSA) is 0 Å². The minimum Gasteiger partial charge on any atom is -0.793 e. The van der Waals surface area contributed by atoms with Gasteiger partial charge in [0.15, 0.2) is 0 Å². The van der Waals surface area contributed by atoms with Crippen molar-refractivity contribution in [2.24, 2.45) is 0 Å². The fourth-order valence-electron chi connectivity index (χ4n) is 3.00.